The van der Waals surface area contributed by atoms with Gasteiger partial charge in [0.25, 0.3) is 0 Å². The predicted octanol–water partition coefficient (Wildman–Crippen LogP) is 3.51. The first kappa shape index (κ1) is 27.2. The average molecular weight is 515 g/mol. The van der Waals surface area contributed by atoms with E-state index in [1.54, 1.807) is 6.07 Å². The van der Waals surface area contributed by atoms with Gasteiger partial charge in [0.15, 0.2) is 0 Å². The number of nitrogens with zero attached hydrogens (tertiary/aromatic N) is 1. The second-order valence-electron chi connectivity index (χ2n) is 10.3. The van der Waals surface area contributed by atoms with Crippen LogP contribution in [0.3, 0.4) is 0 Å². The Morgan fingerprint density at radius 3 is 2.24 bits per heavy atom. The summed E-state index contributed by atoms with van der Waals surface area (Å²) in [7, 11) is 0. The third kappa shape index (κ3) is 7.12. The van der Waals surface area contributed by atoms with Gasteiger partial charge in [0.05, 0.1) is 11.8 Å². The molecular weight excluding hydrogens is 479 g/mol. The van der Waals surface area contributed by atoms with E-state index in [0.29, 0.717) is 6.04 Å². The molecule has 2 fully saturated rings. The lowest BCUT2D eigenvalue weighted by molar-refractivity contribution is -0.154. The Kier molecular flexibility index (Phi) is 8.89. The molecule has 1 aliphatic carbocycles. The van der Waals surface area contributed by atoms with Crippen molar-refractivity contribution in [2.24, 2.45) is 0 Å². The first-order chi connectivity index (χ1) is 17.8. The van der Waals surface area contributed by atoms with Gasteiger partial charge in [-0.25, -0.2) is 4.39 Å². The maximum absolute atomic E-state index is 13.6. The van der Waals surface area contributed by atoms with Crippen LogP contribution >= 0.6 is 0 Å². The van der Waals surface area contributed by atoms with Crippen molar-refractivity contribution >= 4 is 11.9 Å². The first-order valence-electron chi connectivity index (χ1n) is 12.9. The highest BCUT2D eigenvalue weighted by molar-refractivity contribution is 5.88. The summed E-state index contributed by atoms with van der Waals surface area (Å²) in [6.45, 7) is 3.18. The molecule has 0 radical (unpaired) electrons. The van der Waals surface area contributed by atoms with Crippen molar-refractivity contribution in [1.82, 2.24) is 10.3 Å². The SMILES string of the molecule is Fc1ccc([C@]2(CCNC3Cc4ccccc4C3)CCOC3(CCOCC3)C2)nc1.O=C(O)CC(=O)O. The van der Waals surface area contributed by atoms with Crippen molar-refractivity contribution in [3.8, 4) is 0 Å². The molecule has 2 aromatic rings. The lowest BCUT2D eigenvalue weighted by Crippen LogP contribution is -2.51. The van der Waals surface area contributed by atoms with Crippen molar-refractivity contribution in [3.63, 3.8) is 0 Å². The van der Waals surface area contributed by atoms with E-state index in [1.807, 2.05) is 6.07 Å². The molecule has 2 aliphatic heterocycles. The number of hydrogen-bond acceptors (Lipinski definition) is 6. The fraction of sp³-hybridized carbons (Fsp3) is 0.536. The van der Waals surface area contributed by atoms with E-state index in [4.69, 9.17) is 19.7 Å². The zero-order valence-corrected chi connectivity index (χ0v) is 21.0. The normalized spacial score (nSPS) is 22.6. The van der Waals surface area contributed by atoms with E-state index in [-0.39, 0.29) is 16.8 Å². The fourth-order valence-corrected chi connectivity index (χ4v) is 5.88. The van der Waals surface area contributed by atoms with Gasteiger partial charge in [0.2, 0.25) is 0 Å². The monoisotopic (exact) mass is 514 g/mol. The van der Waals surface area contributed by atoms with E-state index < -0.39 is 18.4 Å². The summed E-state index contributed by atoms with van der Waals surface area (Å²) < 4.78 is 25.5. The van der Waals surface area contributed by atoms with Crippen molar-refractivity contribution < 1.29 is 33.7 Å². The second kappa shape index (κ2) is 12.1. The Balaban J connectivity index is 0.000000405. The van der Waals surface area contributed by atoms with Crippen LogP contribution in [-0.2, 0) is 37.3 Å². The van der Waals surface area contributed by atoms with Crippen LogP contribution in [0.1, 0.15) is 55.3 Å². The minimum Gasteiger partial charge on any atom is -0.481 e. The van der Waals surface area contributed by atoms with Crippen LogP contribution in [0.15, 0.2) is 42.6 Å². The van der Waals surface area contributed by atoms with E-state index >= 15 is 0 Å². The van der Waals surface area contributed by atoms with E-state index in [0.717, 1.165) is 77.0 Å². The highest BCUT2D eigenvalue weighted by Gasteiger charge is 2.48. The summed E-state index contributed by atoms with van der Waals surface area (Å²) in [6, 6.07) is 12.7. The van der Waals surface area contributed by atoms with Crippen LogP contribution in [0.25, 0.3) is 0 Å². The van der Waals surface area contributed by atoms with Gasteiger partial charge in [-0.05, 0) is 74.8 Å². The zero-order valence-electron chi connectivity index (χ0n) is 21.0. The summed E-state index contributed by atoms with van der Waals surface area (Å²) in [5, 5.41) is 19.2. The number of benzene rings is 1. The standard InChI is InChI=1S/C25H31FN2O2.C3H4O4/c26-21-5-6-23(28-17-21)24(8-14-30-25(18-24)9-12-29-13-10-25)7-11-27-22-15-19-3-1-2-4-20(19)16-22;4-2(5)1-3(6)7/h1-6,17,22,27H,7-16,18H2;1H2,(H,4,5)(H,6,7)/t24-;/m1./s1. The molecule has 0 amide bonds. The summed E-state index contributed by atoms with van der Waals surface area (Å²) in [5.74, 6) is -2.90. The van der Waals surface area contributed by atoms with Gasteiger partial charge in [0, 0.05) is 37.0 Å². The molecule has 3 heterocycles. The number of hydrogen-bond donors (Lipinski definition) is 3. The summed E-state index contributed by atoms with van der Waals surface area (Å²) in [4.78, 5) is 23.4. The summed E-state index contributed by atoms with van der Waals surface area (Å²) in [5.41, 5.74) is 3.74. The second-order valence-corrected chi connectivity index (χ2v) is 10.3. The Bertz CT molecular complexity index is 1030. The molecule has 37 heavy (non-hydrogen) atoms. The zero-order chi connectivity index (χ0) is 26.3. The quantitative estimate of drug-likeness (QED) is 0.481. The fourth-order valence-electron chi connectivity index (χ4n) is 5.88. The number of aliphatic carboxylic acids is 2. The van der Waals surface area contributed by atoms with Crippen LogP contribution in [0, 0.1) is 5.82 Å². The van der Waals surface area contributed by atoms with Gasteiger partial charge in [0.1, 0.15) is 12.2 Å². The molecule has 0 unspecified atom stereocenters. The molecule has 1 aromatic carbocycles. The van der Waals surface area contributed by atoms with Gasteiger partial charge in [-0.2, -0.15) is 0 Å². The van der Waals surface area contributed by atoms with Gasteiger partial charge >= 0.3 is 11.9 Å². The van der Waals surface area contributed by atoms with Gasteiger partial charge in [-0.3, -0.25) is 14.6 Å². The number of carboxylic acid groups (broad SMARTS) is 2. The number of rotatable bonds is 7. The Morgan fingerprint density at radius 2 is 1.68 bits per heavy atom. The minimum atomic E-state index is -1.31. The number of pyridine rings is 1. The highest BCUT2D eigenvalue weighted by atomic mass is 19.1. The topological polar surface area (TPSA) is 118 Å². The molecule has 0 bridgehead atoms. The largest absolute Gasteiger partial charge is 0.481 e. The molecule has 9 heteroatoms. The Labute approximate surface area is 216 Å². The Hall–Kier alpha value is -2.88. The lowest BCUT2D eigenvalue weighted by atomic mass is 9.66. The molecule has 3 N–H and O–H groups in total. The molecule has 2 saturated heterocycles. The van der Waals surface area contributed by atoms with Crippen LogP contribution in [0.5, 0.6) is 0 Å². The van der Waals surface area contributed by atoms with E-state index in [9.17, 15) is 14.0 Å². The van der Waals surface area contributed by atoms with Crippen molar-refractivity contribution in [1.29, 1.82) is 0 Å². The summed E-state index contributed by atoms with van der Waals surface area (Å²) in [6.07, 6.45) is 7.48. The highest BCUT2D eigenvalue weighted by Crippen LogP contribution is 2.47. The number of carbonyl (C=O) groups is 2. The number of carboxylic acids is 2. The van der Waals surface area contributed by atoms with Crippen molar-refractivity contribution in [2.45, 2.75) is 68.4 Å². The average Bonchev–Trinajstić information content (AvgIpc) is 3.27. The maximum Gasteiger partial charge on any atom is 0.314 e. The van der Waals surface area contributed by atoms with E-state index in [1.165, 1.54) is 17.3 Å². The molecule has 0 saturated carbocycles. The van der Waals surface area contributed by atoms with Gasteiger partial charge in [-0.15, -0.1) is 0 Å². The number of nitrogens with one attached hydrogen (secondary N) is 1. The first-order valence-corrected chi connectivity index (χ1v) is 12.9. The lowest BCUT2D eigenvalue weighted by Gasteiger charge is -2.49. The third-order valence-corrected chi connectivity index (χ3v) is 7.71. The number of fused-ring (bicyclic) bond motifs is 1. The number of aromatic nitrogens is 1. The smallest absolute Gasteiger partial charge is 0.314 e. The van der Waals surface area contributed by atoms with Crippen LogP contribution in [0.4, 0.5) is 4.39 Å². The Morgan fingerprint density at radius 1 is 1.00 bits per heavy atom. The van der Waals surface area contributed by atoms with Gasteiger partial charge < -0.3 is 25.0 Å². The maximum atomic E-state index is 13.6. The van der Waals surface area contributed by atoms with Crippen LogP contribution < -0.4 is 5.32 Å². The van der Waals surface area contributed by atoms with E-state index in [2.05, 4.69) is 34.6 Å². The molecule has 1 aromatic heterocycles. The van der Waals surface area contributed by atoms with Crippen LogP contribution in [-0.4, -0.2) is 65.1 Å². The molecule has 5 rings (SSSR count). The number of halogens is 1. The molecule has 1 atom stereocenters. The molecular formula is C28H35FN2O6. The third-order valence-electron chi connectivity index (χ3n) is 7.71. The molecule has 8 nitrogen and oxygen atoms in total. The van der Waals surface area contributed by atoms with Crippen molar-refractivity contribution in [3.05, 3.63) is 65.2 Å². The van der Waals surface area contributed by atoms with Gasteiger partial charge in [-0.1, -0.05) is 24.3 Å². The summed E-state index contributed by atoms with van der Waals surface area (Å²) >= 11 is 0. The number of ether oxygens (including phenoxy) is 2. The van der Waals surface area contributed by atoms with Crippen molar-refractivity contribution in [2.75, 3.05) is 26.4 Å². The molecule has 200 valence electrons. The minimum absolute atomic E-state index is 0.0816. The van der Waals surface area contributed by atoms with Crippen LogP contribution in [0.2, 0.25) is 0 Å². The predicted molar refractivity (Wildman–Crippen MR) is 134 cm³/mol. The molecule has 1 spiro atoms. The molecule has 3 aliphatic rings.